The zero-order chi connectivity index (χ0) is 25.8. The van der Waals surface area contributed by atoms with Crippen LogP contribution in [0, 0.1) is 11.6 Å². The second kappa shape index (κ2) is 14.7. The standard InChI is InChI=1S/C31H38F3NO/c1-3-5-7-8-10-11-23-13-15-24(16-14-23)25-17-19-28(35-21-25)27-18-20-29(31(34)30(27)33)36-22-26(32)12-9-6-4-2/h13-21,26H,3-12,22H2,1-2H3/t26-/m0/s1. The first-order chi connectivity index (χ1) is 17.5. The summed E-state index contributed by atoms with van der Waals surface area (Å²) in [6.45, 7) is 3.98. The molecule has 5 heteroatoms. The highest BCUT2D eigenvalue weighted by Gasteiger charge is 2.18. The van der Waals surface area contributed by atoms with Gasteiger partial charge < -0.3 is 4.74 Å². The molecule has 1 atom stereocenters. The number of aromatic nitrogens is 1. The fraction of sp³-hybridized carbons (Fsp3) is 0.452. The van der Waals surface area contributed by atoms with Gasteiger partial charge in [-0.05, 0) is 48.6 Å². The molecule has 1 aromatic heterocycles. The molecule has 0 unspecified atom stereocenters. The lowest BCUT2D eigenvalue weighted by atomic mass is 10.0. The van der Waals surface area contributed by atoms with Crippen molar-refractivity contribution in [3.8, 4) is 28.1 Å². The second-order valence-corrected chi connectivity index (χ2v) is 9.44. The van der Waals surface area contributed by atoms with Crippen LogP contribution in [0.2, 0.25) is 0 Å². The Morgan fingerprint density at radius 1 is 0.750 bits per heavy atom. The van der Waals surface area contributed by atoms with Crippen LogP contribution in [0.1, 0.15) is 77.2 Å². The molecule has 0 bridgehead atoms. The fourth-order valence-electron chi connectivity index (χ4n) is 4.24. The van der Waals surface area contributed by atoms with Crippen LogP contribution in [0.3, 0.4) is 0 Å². The van der Waals surface area contributed by atoms with Gasteiger partial charge in [0, 0.05) is 17.3 Å². The summed E-state index contributed by atoms with van der Waals surface area (Å²) in [5.41, 5.74) is 3.63. The van der Waals surface area contributed by atoms with E-state index in [1.165, 1.54) is 49.8 Å². The zero-order valence-corrected chi connectivity index (χ0v) is 21.5. The molecule has 0 aliphatic heterocycles. The van der Waals surface area contributed by atoms with Crippen molar-refractivity contribution in [2.45, 2.75) is 84.2 Å². The lowest BCUT2D eigenvalue weighted by Crippen LogP contribution is -2.13. The molecule has 0 radical (unpaired) electrons. The minimum absolute atomic E-state index is 0.0459. The minimum Gasteiger partial charge on any atom is -0.487 e. The molecule has 2 aromatic carbocycles. The Morgan fingerprint density at radius 3 is 2.14 bits per heavy atom. The van der Waals surface area contributed by atoms with Crippen LogP contribution >= 0.6 is 0 Å². The molecule has 0 amide bonds. The molecule has 0 fully saturated rings. The Balaban J connectivity index is 1.60. The summed E-state index contributed by atoms with van der Waals surface area (Å²) in [6.07, 6.45) is 10.9. The van der Waals surface area contributed by atoms with Crippen molar-refractivity contribution >= 4 is 0 Å². The summed E-state index contributed by atoms with van der Waals surface area (Å²) >= 11 is 0. The molecule has 0 saturated heterocycles. The van der Waals surface area contributed by atoms with Gasteiger partial charge in [0.2, 0.25) is 5.82 Å². The number of unbranched alkanes of at least 4 members (excludes halogenated alkanes) is 6. The summed E-state index contributed by atoms with van der Waals surface area (Å²) in [6, 6.07) is 14.7. The Morgan fingerprint density at radius 2 is 1.44 bits per heavy atom. The number of benzene rings is 2. The Kier molecular flexibility index (Phi) is 11.3. The first-order valence-electron chi connectivity index (χ1n) is 13.3. The van der Waals surface area contributed by atoms with Crippen LogP contribution in [0.15, 0.2) is 54.7 Å². The molecule has 36 heavy (non-hydrogen) atoms. The van der Waals surface area contributed by atoms with Gasteiger partial charge in [-0.25, -0.2) is 8.78 Å². The minimum atomic E-state index is -1.20. The number of nitrogens with zero attached hydrogens (tertiary/aromatic N) is 1. The van der Waals surface area contributed by atoms with Crippen LogP contribution in [0.4, 0.5) is 13.2 Å². The predicted octanol–water partition coefficient (Wildman–Crippen LogP) is 9.50. The van der Waals surface area contributed by atoms with Crippen LogP contribution < -0.4 is 4.74 Å². The van der Waals surface area contributed by atoms with Crippen molar-refractivity contribution in [1.29, 1.82) is 0 Å². The van der Waals surface area contributed by atoms with E-state index in [9.17, 15) is 13.2 Å². The van der Waals surface area contributed by atoms with Gasteiger partial charge in [0.25, 0.3) is 0 Å². The molecule has 0 aliphatic carbocycles. The normalized spacial score (nSPS) is 12.0. The van der Waals surface area contributed by atoms with Gasteiger partial charge in [0.1, 0.15) is 12.8 Å². The number of aryl methyl sites for hydroxylation is 1. The van der Waals surface area contributed by atoms with Gasteiger partial charge in [0.05, 0.1) is 5.69 Å². The van der Waals surface area contributed by atoms with E-state index in [0.717, 1.165) is 36.8 Å². The van der Waals surface area contributed by atoms with E-state index in [-0.39, 0.29) is 17.9 Å². The molecule has 2 nitrogen and oxygen atoms in total. The average Bonchev–Trinajstić information content (AvgIpc) is 2.90. The number of halogens is 3. The van der Waals surface area contributed by atoms with E-state index < -0.39 is 17.8 Å². The first-order valence-corrected chi connectivity index (χ1v) is 13.3. The van der Waals surface area contributed by atoms with Gasteiger partial charge in [0.15, 0.2) is 11.6 Å². The van der Waals surface area contributed by atoms with Crippen LogP contribution in [0.5, 0.6) is 5.75 Å². The number of ether oxygens (including phenoxy) is 1. The number of rotatable bonds is 15. The Bertz CT molecular complexity index is 1050. The highest BCUT2D eigenvalue weighted by molar-refractivity contribution is 5.67. The molecular weight excluding hydrogens is 459 g/mol. The van der Waals surface area contributed by atoms with Crippen molar-refractivity contribution in [3.05, 3.63) is 71.9 Å². The van der Waals surface area contributed by atoms with Gasteiger partial charge >= 0.3 is 0 Å². The molecule has 0 spiro atoms. The summed E-state index contributed by atoms with van der Waals surface area (Å²) in [4.78, 5) is 4.37. The highest BCUT2D eigenvalue weighted by Crippen LogP contribution is 2.30. The van der Waals surface area contributed by atoms with Crippen LogP contribution in [0.25, 0.3) is 22.4 Å². The maximum atomic E-state index is 14.8. The molecule has 3 aromatic rings. The van der Waals surface area contributed by atoms with Gasteiger partial charge in [-0.1, -0.05) is 89.1 Å². The topological polar surface area (TPSA) is 22.1 Å². The van der Waals surface area contributed by atoms with Crippen molar-refractivity contribution in [2.24, 2.45) is 0 Å². The summed E-state index contributed by atoms with van der Waals surface area (Å²) in [7, 11) is 0. The average molecular weight is 498 g/mol. The molecular formula is C31H38F3NO. The van der Waals surface area contributed by atoms with E-state index in [1.54, 1.807) is 12.3 Å². The van der Waals surface area contributed by atoms with E-state index in [2.05, 4.69) is 36.2 Å². The van der Waals surface area contributed by atoms with Gasteiger partial charge in [-0.3, -0.25) is 4.98 Å². The number of pyridine rings is 1. The molecule has 1 heterocycles. The smallest absolute Gasteiger partial charge is 0.201 e. The third-order valence-electron chi connectivity index (χ3n) is 6.48. The quantitative estimate of drug-likeness (QED) is 0.195. The van der Waals surface area contributed by atoms with Crippen molar-refractivity contribution in [3.63, 3.8) is 0 Å². The molecule has 0 saturated carbocycles. The van der Waals surface area contributed by atoms with Crippen molar-refractivity contribution in [1.82, 2.24) is 4.98 Å². The Labute approximate surface area is 213 Å². The lowest BCUT2D eigenvalue weighted by Gasteiger charge is -2.13. The molecule has 0 N–H and O–H groups in total. The number of hydrogen-bond acceptors (Lipinski definition) is 2. The van der Waals surface area contributed by atoms with E-state index in [0.29, 0.717) is 12.1 Å². The monoisotopic (exact) mass is 497 g/mol. The maximum Gasteiger partial charge on any atom is 0.201 e. The van der Waals surface area contributed by atoms with E-state index in [4.69, 9.17) is 4.74 Å². The number of alkyl halides is 1. The summed E-state index contributed by atoms with van der Waals surface area (Å²) in [5.74, 6) is -2.45. The summed E-state index contributed by atoms with van der Waals surface area (Å²) < 4.78 is 48.5. The third kappa shape index (κ3) is 8.11. The van der Waals surface area contributed by atoms with Crippen LogP contribution in [-0.4, -0.2) is 17.8 Å². The van der Waals surface area contributed by atoms with Crippen LogP contribution in [-0.2, 0) is 6.42 Å². The second-order valence-electron chi connectivity index (χ2n) is 9.44. The van der Waals surface area contributed by atoms with Gasteiger partial charge in [-0.15, -0.1) is 0 Å². The summed E-state index contributed by atoms with van der Waals surface area (Å²) in [5, 5.41) is 0. The van der Waals surface area contributed by atoms with E-state index in [1.807, 2.05) is 13.0 Å². The molecule has 194 valence electrons. The highest BCUT2D eigenvalue weighted by atomic mass is 19.2. The Hall–Kier alpha value is -2.82. The zero-order valence-electron chi connectivity index (χ0n) is 21.5. The molecule has 0 aliphatic rings. The first kappa shape index (κ1) is 27.8. The largest absolute Gasteiger partial charge is 0.487 e. The maximum absolute atomic E-state index is 14.8. The fourth-order valence-corrected chi connectivity index (χ4v) is 4.24. The van der Waals surface area contributed by atoms with E-state index >= 15 is 0 Å². The van der Waals surface area contributed by atoms with Gasteiger partial charge in [-0.2, -0.15) is 4.39 Å². The number of hydrogen-bond donors (Lipinski definition) is 0. The SMILES string of the molecule is CCCCCCCc1ccc(-c2ccc(-c3ccc(OC[C@@H](F)CCCCC)c(F)c3F)nc2)cc1. The lowest BCUT2D eigenvalue weighted by molar-refractivity contribution is 0.178. The predicted molar refractivity (Wildman–Crippen MR) is 142 cm³/mol. The third-order valence-corrected chi connectivity index (χ3v) is 6.48. The van der Waals surface area contributed by atoms with Crippen molar-refractivity contribution in [2.75, 3.05) is 6.61 Å². The van der Waals surface area contributed by atoms with Crippen molar-refractivity contribution < 1.29 is 17.9 Å². The molecule has 3 rings (SSSR count).